The number of benzene rings is 11. The molecule has 0 amide bonds. The van der Waals surface area contributed by atoms with E-state index in [1.54, 1.807) is 0 Å². The van der Waals surface area contributed by atoms with Crippen LogP contribution in [0.15, 0.2) is 152 Å². The van der Waals surface area contributed by atoms with Crippen LogP contribution < -0.4 is 0 Å². The van der Waals surface area contributed by atoms with Gasteiger partial charge >= 0.3 is 0 Å². The van der Waals surface area contributed by atoms with Crippen LogP contribution in [0.5, 0.6) is 0 Å². The quantitative estimate of drug-likeness (QED) is 0.122. The fourth-order valence-corrected chi connectivity index (χ4v) is 12.7. The molecule has 0 heterocycles. The molecule has 65 heavy (non-hydrogen) atoms. The molecule has 0 spiro atoms. The molecule has 11 aromatic rings. The first-order valence-electron chi connectivity index (χ1n) is 23.9. The first kappa shape index (κ1) is 38.7. The van der Waals surface area contributed by atoms with Crippen LogP contribution in [0.25, 0.3) is 120 Å². The normalized spacial score (nSPS) is 14.0. The van der Waals surface area contributed by atoms with E-state index in [0.717, 1.165) is 0 Å². The Morgan fingerprint density at radius 2 is 0.846 bits per heavy atom. The molecule has 0 saturated carbocycles. The third-order valence-corrected chi connectivity index (χ3v) is 15.8. The summed E-state index contributed by atoms with van der Waals surface area (Å²) in [6, 6.07) is 58.9. The molecule has 2 aliphatic carbocycles. The Kier molecular flexibility index (Phi) is 7.84. The molecule has 11 aromatic carbocycles. The van der Waals surface area contributed by atoms with Gasteiger partial charge in [0.05, 0.1) is 0 Å². The van der Waals surface area contributed by atoms with Gasteiger partial charge in [0.15, 0.2) is 0 Å². The smallest absolute Gasteiger partial charge is 0.0159 e. The second-order valence-corrected chi connectivity index (χ2v) is 21.5. The molecule has 0 atom stereocenters. The second kappa shape index (κ2) is 13.2. The highest BCUT2D eigenvalue weighted by atomic mass is 14.4. The highest BCUT2D eigenvalue weighted by molar-refractivity contribution is 6.39. The van der Waals surface area contributed by atoms with Gasteiger partial charge < -0.3 is 0 Å². The predicted octanol–water partition coefficient (Wildman–Crippen LogP) is 18.9. The zero-order valence-corrected chi connectivity index (χ0v) is 39.1. The number of hydrogen-bond acceptors (Lipinski definition) is 0. The molecule has 0 unspecified atom stereocenters. The summed E-state index contributed by atoms with van der Waals surface area (Å²) in [6.45, 7) is 21.6. The monoisotopic (exact) mass is 834 g/mol. The van der Waals surface area contributed by atoms with Gasteiger partial charge in [0.25, 0.3) is 0 Å². The molecular formula is C65H54. The fraction of sp³-hybridized carbons (Fsp3) is 0.200. The van der Waals surface area contributed by atoms with Crippen LogP contribution in [-0.4, -0.2) is 0 Å². The molecule has 0 fully saturated rings. The molecule has 314 valence electrons. The topological polar surface area (TPSA) is 0 Å². The molecular weight excluding hydrogens is 781 g/mol. The van der Waals surface area contributed by atoms with Crippen LogP contribution in [0.3, 0.4) is 0 Å². The van der Waals surface area contributed by atoms with E-state index in [1.165, 1.54) is 148 Å². The summed E-state index contributed by atoms with van der Waals surface area (Å²) in [7, 11) is 0. The van der Waals surface area contributed by atoms with Crippen molar-refractivity contribution in [2.24, 2.45) is 0 Å². The average molecular weight is 835 g/mol. The number of rotatable bonds is 4. The zero-order chi connectivity index (χ0) is 44.4. The Hall–Kier alpha value is -6.76. The van der Waals surface area contributed by atoms with Gasteiger partial charge in [0.2, 0.25) is 0 Å². The highest BCUT2D eigenvalue weighted by Crippen LogP contribution is 2.61. The lowest BCUT2D eigenvalue weighted by atomic mass is 9.77. The van der Waals surface area contributed by atoms with Gasteiger partial charge in [-0.3, -0.25) is 0 Å². The van der Waals surface area contributed by atoms with Crippen molar-refractivity contribution in [1.82, 2.24) is 0 Å². The maximum Gasteiger partial charge on any atom is 0.0159 e. The summed E-state index contributed by atoms with van der Waals surface area (Å²) in [5.41, 5.74) is 20.7. The van der Waals surface area contributed by atoms with Crippen molar-refractivity contribution in [3.8, 4) is 55.6 Å². The van der Waals surface area contributed by atoms with Crippen LogP contribution in [0.2, 0.25) is 0 Å². The molecule has 0 heteroatoms. The van der Waals surface area contributed by atoms with E-state index in [1.807, 2.05) is 0 Å². The lowest BCUT2D eigenvalue weighted by Crippen LogP contribution is -2.17. The molecule has 0 nitrogen and oxygen atoms in total. The van der Waals surface area contributed by atoms with Gasteiger partial charge in [-0.15, -0.1) is 0 Å². The molecule has 13 rings (SSSR count). The SMILES string of the molecule is CC(C)c1cc2c3cccc4c5c(cc(c6cc(C(C)C)c7c(c1-c1cc8c(-c9ccccc9)c9ccccc9c(-c9ccccc9)c8cc1-7)c26)c43)C(C)(C)c1cc(C(C)(C)C)ccc1-5. The van der Waals surface area contributed by atoms with E-state index in [9.17, 15) is 0 Å². The van der Waals surface area contributed by atoms with Crippen molar-refractivity contribution in [1.29, 1.82) is 0 Å². The Morgan fingerprint density at radius 1 is 0.354 bits per heavy atom. The summed E-state index contributed by atoms with van der Waals surface area (Å²) in [5.74, 6) is 0.636. The van der Waals surface area contributed by atoms with E-state index < -0.39 is 0 Å². The van der Waals surface area contributed by atoms with Gasteiger partial charge in [-0.2, -0.15) is 0 Å². The van der Waals surface area contributed by atoms with Crippen molar-refractivity contribution in [3.63, 3.8) is 0 Å². The van der Waals surface area contributed by atoms with Crippen molar-refractivity contribution in [2.75, 3.05) is 0 Å². The van der Waals surface area contributed by atoms with Crippen LogP contribution in [0.4, 0.5) is 0 Å². The lowest BCUT2D eigenvalue weighted by molar-refractivity contribution is 0.585. The molecule has 0 saturated heterocycles. The summed E-state index contributed by atoms with van der Waals surface area (Å²) >= 11 is 0. The van der Waals surface area contributed by atoms with Crippen LogP contribution in [-0.2, 0) is 10.8 Å². The summed E-state index contributed by atoms with van der Waals surface area (Å²) < 4.78 is 0. The van der Waals surface area contributed by atoms with E-state index in [-0.39, 0.29) is 10.8 Å². The minimum absolute atomic E-state index is 0.0761. The lowest BCUT2D eigenvalue weighted by Gasteiger charge is -2.26. The number of fused-ring (bicyclic) bond motifs is 11. The third-order valence-electron chi connectivity index (χ3n) is 15.8. The van der Waals surface area contributed by atoms with Crippen LogP contribution >= 0.6 is 0 Å². The van der Waals surface area contributed by atoms with Crippen molar-refractivity contribution in [3.05, 3.63) is 179 Å². The number of hydrogen-bond donors (Lipinski definition) is 0. The first-order valence-corrected chi connectivity index (χ1v) is 23.9. The van der Waals surface area contributed by atoms with Gasteiger partial charge in [-0.1, -0.05) is 184 Å². The van der Waals surface area contributed by atoms with Crippen molar-refractivity contribution < 1.29 is 0 Å². The third kappa shape index (κ3) is 5.09. The Balaban J connectivity index is 1.21. The predicted molar refractivity (Wildman–Crippen MR) is 282 cm³/mol. The zero-order valence-electron chi connectivity index (χ0n) is 39.1. The summed E-state index contributed by atoms with van der Waals surface area (Å²) in [4.78, 5) is 0. The largest absolute Gasteiger partial charge is 0.0622 e. The highest BCUT2D eigenvalue weighted by Gasteiger charge is 2.39. The Bertz CT molecular complexity index is 3740. The van der Waals surface area contributed by atoms with E-state index >= 15 is 0 Å². The van der Waals surface area contributed by atoms with Crippen LogP contribution in [0.1, 0.15) is 102 Å². The van der Waals surface area contributed by atoms with Gasteiger partial charge in [0.1, 0.15) is 0 Å². The molecule has 0 radical (unpaired) electrons. The van der Waals surface area contributed by atoms with Crippen LogP contribution in [0, 0.1) is 0 Å². The fourth-order valence-electron chi connectivity index (χ4n) is 12.7. The standard InChI is InChI=1S/C65H54/c1-35(2)45-30-47-42-25-18-26-44-58(42)53(34-55-59(44)43-28-27-39(64(5,6)7)29-54(43)65(55,8)9)50-31-46(36(3)4)61-52-33-49-48(32-51(52)60(45)63(61)62(47)50)56(37-19-12-10-13-20-37)40-23-16-17-24-41(40)57(49)38-21-14-11-15-22-38/h10-36H,1-9H3. The van der Waals surface area contributed by atoms with Crippen molar-refractivity contribution in [2.45, 2.75) is 85.0 Å². The minimum atomic E-state index is -0.139. The van der Waals surface area contributed by atoms with Gasteiger partial charge in [-0.05, 0) is 196 Å². The molecule has 0 aliphatic heterocycles. The second-order valence-electron chi connectivity index (χ2n) is 21.5. The molecule has 0 bridgehead atoms. The Morgan fingerprint density at radius 3 is 1.38 bits per heavy atom. The first-order chi connectivity index (χ1) is 31.3. The summed E-state index contributed by atoms with van der Waals surface area (Å²) in [5, 5.41) is 16.4. The van der Waals surface area contributed by atoms with Crippen molar-refractivity contribution >= 4 is 64.6 Å². The summed E-state index contributed by atoms with van der Waals surface area (Å²) in [6.07, 6.45) is 0. The van der Waals surface area contributed by atoms with E-state index in [2.05, 4.69) is 214 Å². The maximum atomic E-state index is 2.63. The molecule has 0 aromatic heterocycles. The minimum Gasteiger partial charge on any atom is -0.0622 e. The molecule has 0 N–H and O–H groups in total. The van der Waals surface area contributed by atoms with Gasteiger partial charge in [0, 0.05) is 5.41 Å². The van der Waals surface area contributed by atoms with E-state index in [4.69, 9.17) is 0 Å². The Labute approximate surface area is 382 Å². The maximum absolute atomic E-state index is 2.63. The molecule has 2 aliphatic rings. The van der Waals surface area contributed by atoms with E-state index in [0.29, 0.717) is 11.8 Å². The average Bonchev–Trinajstić information content (AvgIpc) is 3.75. The van der Waals surface area contributed by atoms with Gasteiger partial charge in [-0.25, -0.2) is 0 Å².